The molecule has 0 bridgehead atoms. The number of hydrogen-bond acceptors (Lipinski definition) is 7. The number of aliphatic hydroxyl groups excluding tert-OH is 1. The zero-order valence-corrected chi connectivity index (χ0v) is 15.0. The van der Waals surface area contributed by atoms with E-state index < -0.39 is 36.4 Å². The number of carbonyl (C=O) groups excluding carboxylic acids is 2. The Balaban J connectivity index is 4.77. The fraction of sp³-hybridized carbons (Fsp3) is 0.786. The molecule has 0 unspecified atom stereocenters. The molecule has 0 aliphatic carbocycles. The predicted octanol–water partition coefficient (Wildman–Crippen LogP) is 0.367. The van der Waals surface area contributed by atoms with Gasteiger partial charge in [0, 0.05) is 7.11 Å². The van der Waals surface area contributed by atoms with Crippen molar-refractivity contribution in [2.24, 2.45) is 0 Å². The van der Waals surface area contributed by atoms with Crippen molar-refractivity contribution in [3.05, 3.63) is 0 Å². The summed E-state index contributed by atoms with van der Waals surface area (Å²) in [6.45, 7) is 6.62. The minimum absolute atomic E-state index is 0.0754. The Hall–Kier alpha value is -1.45. The SMILES string of the molecule is CCOC(=O)[C@H](CO)NC(=S)[C@H](COC)NC(=O)OC(C)(C)C. The molecule has 1 amide bonds. The molecule has 0 aromatic rings. The third-order valence-electron chi connectivity index (χ3n) is 2.41. The molecule has 0 aromatic carbocycles. The van der Waals surface area contributed by atoms with Crippen LogP contribution in [0, 0.1) is 0 Å². The van der Waals surface area contributed by atoms with Crippen LogP contribution in [-0.2, 0) is 19.0 Å². The van der Waals surface area contributed by atoms with E-state index in [2.05, 4.69) is 10.6 Å². The molecule has 23 heavy (non-hydrogen) atoms. The number of rotatable bonds is 8. The van der Waals surface area contributed by atoms with E-state index in [1.54, 1.807) is 27.7 Å². The number of ether oxygens (including phenoxy) is 3. The summed E-state index contributed by atoms with van der Waals surface area (Å²) >= 11 is 5.17. The van der Waals surface area contributed by atoms with E-state index in [1.165, 1.54) is 7.11 Å². The Kier molecular flexibility index (Phi) is 9.70. The Labute approximate surface area is 141 Å². The number of aliphatic hydroxyl groups is 1. The molecular formula is C14H26N2O6S. The lowest BCUT2D eigenvalue weighted by molar-refractivity contribution is -0.146. The van der Waals surface area contributed by atoms with Crippen LogP contribution in [0.2, 0.25) is 0 Å². The highest BCUT2D eigenvalue weighted by molar-refractivity contribution is 7.80. The molecule has 9 heteroatoms. The van der Waals surface area contributed by atoms with Gasteiger partial charge in [-0.3, -0.25) is 0 Å². The first-order valence-corrected chi connectivity index (χ1v) is 7.61. The largest absolute Gasteiger partial charge is 0.464 e. The molecule has 0 fully saturated rings. The Morgan fingerprint density at radius 1 is 1.22 bits per heavy atom. The van der Waals surface area contributed by atoms with E-state index in [9.17, 15) is 14.7 Å². The van der Waals surface area contributed by atoms with Crippen LogP contribution in [0.1, 0.15) is 27.7 Å². The molecule has 0 radical (unpaired) electrons. The number of methoxy groups -OCH3 is 1. The molecule has 0 aromatic heterocycles. The van der Waals surface area contributed by atoms with Gasteiger partial charge in [0.15, 0.2) is 0 Å². The van der Waals surface area contributed by atoms with Gasteiger partial charge in [0.1, 0.15) is 22.7 Å². The highest BCUT2D eigenvalue weighted by Gasteiger charge is 2.26. The highest BCUT2D eigenvalue weighted by Crippen LogP contribution is 2.07. The third-order valence-corrected chi connectivity index (χ3v) is 2.81. The first-order valence-electron chi connectivity index (χ1n) is 7.20. The zero-order valence-electron chi connectivity index (χ0n) is 14.2. The molecular weight excluding hydrogens is 324 g/mol. The van der Waals surface area contributed by atoms with Crippen molar-refractivity contribution in [1.82, 2.24) is 10.6 Å². The van der Waals surface area contributed by atoms with Crippen molar-refractivity contribution in [3.8, 4) is 0 Å². The number of hydrogen-bond donors (Lipinski definition) is 3. The summed E-state index contributed by atoms with van der Waals surface area (Å²) in [6, 6.07) is -1.73. The average molecular weight is 350 g/mol. The average Bonchev–Trinajstić information content (AvgIpc) is 2.42. The minimum atomic E-state index is -1.01. The summed E-state index contributed by atoms with van der Waals surface area (Å²) in [7, 11) is 1.45. The quantitative estimate of drug-likeness (QED) is 0.426. The zero-order chi connectivity index (χ0) is 18.0. The van der Waals surface area contributed by atoms with Crippen molar-refractivity contribution < 1.29 is 28.9 Å². The first-order chi connectivity index (χ1) is 10.6. The van der Waals surface area contributed by atoms with Crippen LogP contribution in [0.15, 0.2) is 0 Å². The lowest BCUT2D eigenvalue weighted by Gasteiger charge is -2.25. The summed E-state index contributed by atoms with van der Waals surface area (Å²) in [5.74, 6) is -0.634. The van der Waals surface area contributed by atoms with Crippen LogP contribution < -0.4 is 10.6 Å². The van der Waals surface area contributed by atoms with Crippen molar-refractivity contribution in [3.63, 3.8) is 0 Å². The number of thiocarbonyl (C=S) groups is 1. The van der Waals surface area contributed by atoms with Gasteiger partial charge in [0.25, 0.3) is 0 Å². The van der Waals surface area contributed by atoms with E-state index in [0.29, 0.717) is 0 Å². The minimum Gasteiger partial charge on any atom is -0.464 e. The van der Waals surface area contributed by atoms with Gasteiger partial charge in [-0.25, -0.2) is 9.59 Å². The first kappa shape index (κ1) is 21.6. The van der Waals surface area contributed by atoms with Gasteiger partial charge in [-0.1, -0.05) is 12.2 Å². The number of alkyl carbamates (subject to hydrolysis) is 1. The van der Waals surface area contributed by atoms with Crippen LogP contribution in [0.3, 0.4) is 0 Å². The van der Waals surface area contributed by atoms with Crippen molar-refractivity contribution in [2.75, 3.05) is 26.9 Å². The number of esters is 1. The number of nitrogens with one attached hydrogen (secondary N) is 2. The van der Waals surface area contributed by atoms with E-state index in [0.717, 1.165) is 0 Å². The highest BCUT2D eigenvalue weighted by atomic mass is 32.1. The Bertz CT molecular complexity index is 411. The van der Waals surface area contributed by atoms with Crippen LogP contribution in [0.5, 0.6) is 0 Å². The molecule has 8 nitrogen and oxygen atoms in total. The van der Waals surface area contributed by atoms with Crippen molar-refractivity contribution in [2.45, 2.75) is 45.4 Å². The normalized spacial score (nSPS) is 13.7. The molecule has 3 N–H and O–H groups in total. The molecule has 0 saturated carbocycles. The maximum absolute atomic E-state index is 11.8. The topological polar surface area (TPSA) is 106 Å². The summed E-state index contributed by atoms with van der Waals surface area (Å²) in [5, 5.41) is 14.5. The fourth-order valence-electron chi connectivity index (χ4n) is 1.49. The summed E-state index contributed by atoms with van der Waals surface area (Å²) in [4.78, 5) is 23.6. The molecule has 0 heterocycles. The van der Waals surface area contributed by atoms with Crippen LogP contribution in [-0.4, -0.2) is 66.8 Å². The van der Waals surface area contributed by atoms with Gasteiger partial charge in [0.2, 0.25) is 0 Å². The molecule has 0 spiro atoms. The standard InChI is InChI=1S/C14H26N2O6S/c1-6-21-12(18)9(7-17)15-11(23)10(8-20-5)16-13(19)22-14(2,3)4/h9-10,17H,6-8H2,1-5H3,(H,15,23)(H,16,19)/t9-,10-/m0/s1. The van der Waals surface area contributed by atoms with E-state index in [1.807, 2.05) is 0 Å². The maximum atomic E-state index is 11.8. The van der Waals surface area contributed by atoms with Gasteiger partial charge in [-0.2, -0.15) is 0 Å². The molecule has 0 saturated heterocycles. The summed E-state index contributed by atoms with van der Waals surface area (Å²) in [5.41, 5.74) is -0.657. The van der Waals surface area contributed by atoms with Crippen molar-refractivity contribution >= 4 is 29.3 Å². The summed E-state index contributed by atoms with van der Waals surface area (Å²) in [6.07, 6.45) is -0.666. The second-order valence-electron chi connectivity index (χ2n) is 5.65. The predicted molar refractivity (Wildman–Crippen MR) is 88.3 cm³/mol. The van der Waals surface area contributed by atoms with E-state index in [4.69, 9.17) is 26.4 Å². The van der Waals surface area contributed by atoms with E-state index in [-0.39, 0.29) is 18.2 Å². The van der Waals surface area contributed by atoms with Crippen LogP contribution in [0.25, 0.3) is 0 Å². The monoisotopic (exact) mass is 350 g/mol. The van der Waals surface area contributed by atoms with Crippen molar-refractivity contribution in [1.29, 1.82) is 0 Å². The second kappa shape index (κ2) is 10.3. The lowest BCUT2D eigenvalue weighted by Crippen LogP contribution is -2.54. The van der Waals surface area contributed by atoms with Gasteiger partial charge in [-0.15, -0.1) is 0 Å². The number of carbonyl (C=O) groups is 2. The van der Waals surface area contributed by atoms with Gasteiger partial charge in [-0.05, 0) is 27.7 Å². The van der Waals surface area contributed by atoms with Gasteiger partial charge in [0.05, 0.1) is 19.8 Å². The van der Waals surface area contributed by atoms with Gasteiger partial charge < -0.3 is 30.0 Å². The molecule has 2 atom stereocenters. The van der Waals surface area contributed by atoms with Gasteiger partial charge >= 0.3 is 12.1 Å². The second-order valence-corrected chi connectivity index (χ2v) is 6.09. The molecule has 134 valence electrons. The number of amides is 1. The molecule has 0 aliphatic rings. The van der Waals surface area contributed by atoms with E-state index >= 15 is 0 Å². The van der Waals surface area contributed by atoms with Crippen LogP contribution >= 0.6 is 12.2 Å². The van der Waals surface area contributed by atoms with Crippen LogP contribution in [0.4, 0.5) is 4.79 Å². The molecule has 0 rings (SSSR count). The fourth-order valence-corrected chi connectivity index (χ4v) is 1.76. The third kappa shape index (κ3) is 9.32. The smallest absolute Gasteiger partial charge is 0.408 e. The lowest BCUT2D eigenvalue weighted by atomic mass is 10.2. The maximum Gasteiger partial charge on any atom is 0.408 e. The summed E-state index contributed by atoms with van der Waals surface area (Å²) < 4.78 is 15.0. The molecule has 0 aliphatic heterocycles. The Morgan fingerprint density at radius 3 is 2.26 bits per heavy atom. The Morgan fingerprint density at radius 2 is 1.83 bits per heavy atom.